The van der Waals surface area contributed by atoms with Gasteiger partial charge in [-0.15, -0.1) is 0 Å². The van der Waals surface area contributed by atoms with E-state index in [0.717, 1.165) is 0 Å². The molecular formula is C16H19N3O3. The van der Waals surface area contributed by atoms with Crippen LogP contribution in [0, 0.1) is 0 Å². The molecule has 2 amide bonds. The Morgan fingerprint density at radius 2 is 1.77 bits per heavy atom. The summed E-state index contributed by atoms with van der Waals surface area (Å²) in [5.74, 6) is -0.0232. The fraction of sp³-hybridized carbons (Fsp3) is 0.312. The fourth-order valence-corrected chi connectivity index (χ4v) is 1.76. The third-order valence-electron chi connectivity index (χ3n) is 2.71. The number of furan rings is 1. The van der Waals surface area contributed by atoms with Crippen molar-refractivity contribution in [2.45, 2.75) is 32.9 Å². The van der Waals surface area contributed by atoms with Crippen LogP contribution < -0.4 is 10.6 Å². The summed E-state index contributed by atoms with van der Waals surface area (Å²) in [6.45, 7) is 5.91. The van der Waals surface area contributed by atoms with E-state index in [2.05, 4.69) is 15.6 Å². The lowest BCUT2D eigenvalue weighted by atomic mass is 10.1. The minimum Gasteiger partial charge on any atom is -0.467 e. The summed E-state index contributed by atoms with van der Waals surface area (Å²) < 4.78 is 5.14. The highest BCUT2D eigenvalue weighted by Crippen LogP contribution is 2.05. The van der Waals surface area contributed by atoms with E-state index in [1.807, 2.05) is 20.8 Å². The van der Waals surface area contributed by atoms with Crippen LogP contribution in [-0.4, -0.2) is 22.3 Å². The van der Waals surface area contributed by atoms with Crippen LogP contribution in [0.25, 0.3) is 0 Å². The Balaban J connectivity index is 2.04. The van der Waals surface area contributed by atoms with E-state index in [4.69, 9.17) is 4.42 Å². The summed E-state index contributed by atoms with van der Waals surface area (Å²) in [6.07, 6.45) is 1.54. The van der Waals surface area contributed by atoms with Crippen LogP contribution in [0.15, 0.2) is 41.0 Å². The van der Waals surface area contributed by atoms with Gasteiger partial charge in [0, 0.05) is 5.54 Å². The van der Waals surface area contributed by atoms with E-state index in [-0.39, 0.29) is 35.3 Å². The minimum absolute atomic E-state index is 0.188. The van der Waals surface area contributed by atoms with Crippen molar-refractivity contribution in [2.24, 2.45) is 0 Å². The van der Waals surface area contributed by atoms with Crippen molar-refractivity contribution in [2.75, 3.05) is 0 Å². The van der Waals surface area contributed by atoms with Gasteiger partial charge in [-0.05, 0) is 45.0 Å². The van der Waals surface area contributed by atoms with E-state index in [1.54, 1.807) is 30.3 Å². The van der Waals surface area contributed by atoms with Crippen molar-refractivity contribution >= 4 is 11.8 Å². The van der Waals surface area contributed by atoms with E-state index in [9.17, 15) is 9.59 Å². The van der Waals surface area contributed by atoms with Crippen molar-refractivity contribution in [3.8, 4) is 0 Å². The molecule has 0 bridgehead atoms. The monoisotopic (exact) mass is 301 g/mol. The highest BCUT2D eigenvalue weighted by molar-refractivity contribution is 5.96. The largest absolute Gasteiger partial charge is 0.467 e. The Kier molecular flexibility index (Phi) is 4.60. The molecule has 0 aliphatic rings. The molecule has 2 aromatic heterocycles. The number of hydrogen-bond donors (Lipinski definition) is 2. The maximum absolute atomic E-state index is 12.1. The van der Waals surface area contributed by atoms with Gasteiger partial charge in [-0.2, -0.15) is 0 Å². The molecule has 6 heteroatoms. The first-order chi connectivity index (χ1) is 10.3. The quantitative estimate of drug-likeness (QED) is 0.906. The van der Waals surface area contributed by atoms with Gasteiger partial charge < -0.3 is 15.1 Å². The Morgan fingerprint density at radius 1 is 1.09 bits per heavy atom. The highest BCUT2D eigenvalue weighted by atomic mass is 16.3. The maximum atomic E-state index is 12.1. The summed E-state index contributed by atoms with van der Waals surface area (Å²) in [4.78, 5) is 28.2. The zero-order chi connectivity index (χ0) is 16.2. The molecule has 0 fully saturated rings. The maximum Gasteiger partial charge on any atom is 0.270 e. The van der Waals surface area contributed by atoms with Gasteiger partial charge in [0.1, 0.15) is 17.1 Å². The average Bonchev–Trinajstić information content (AvgIpc) is 2.96. The van der Waals surface area contributed by atoms with Gasteiger partial charge in [0.2, 0.25) is 0 Å². The van der Waals surface area contributed by atoms with Gasteiger partial charge in [0.05, 0.1) is 12.8 Å². The number of hydrogen-bond acceptors (Lipinski definition) is 4. The number of carbonyl (C=O) groups is 2. The summed E-state index contributed by atoms with van der Waals surface area (Å²) in [7, 11) is 0. The van der Waals surface area contributed by atoms with Crippen LogP contribution in [0.3, 0.4) is 0 Å². The lowest BCUT2D eigenvalue weighted by Crippen LogP contribution is -2.41. The molecule has 6 nitrogen and oxygen atoms in total. The smallest absolute Gasteiger partial charge is 0.270 e. The van der Waals surface area contributed by atoms with Gasteiger partial charge in [-0.3, -0.25) is 9.59 Å². The van der Waals surface area contributed by atoms with Crippen molar-refractivity contribution in [1.82, 2.24) is 15.6 Å². The molecule has 2 N–H and O–H groups in total. The Hall–Kier alpha value is -2.63. The number of rotatable bonds is 4. The molecule has 2 rings (SSSR count). The second-order valence-corrected chi connectivity index (χ2v) is 5.87. The van der Waals surface area contributed by atoms with Gasteiger partial charge in [-0.1, -0.05) is 6.07 Å². The average molecular weight is 301 g/mol. The second kappa shape index (κ2) is 6.43. The van der Waals surface area contributed by atoms with Crippen molar-refractivity contribution in [1.29, 1.82) is 0 Å². The molecule has 0 aliphatic carbocycles. The van der Waals surface area contributed by atoms with Crippen LogP contribution in [0.1, 0.15) is 47.5 Å². The molecule has 0 saturated carbocycles. The first-order valence-corrected chi connectivity index (χ1v) is 6.95. The SMILES string of the molecule is CC(C)(C)NC(=O)c1cccc(C(=O)NCc2ccco2)n1. The summed E-state index contributed by atoms with van der Waals surface area (Å²) in [5.41, 5.74) is 0.0322. The molecule has 0 aromatic carbocycles. The lowest BCUT2D eigenvalue weighted by Gasteiger charge is -2.20. The van der Waals surface area contributed by atoms with Crippen LogP contribution in [-0.2, 0) is 6.54 Å². The third kappa shape index (κ3) is 4.44. The second-order valence-electron chi connectivity index (χ2n) is 5.87. The number of pyridine rings is 1. The highest BCUT2D eigenvalue weighted by Gasteiger charge is 2.17. The lowest BCUT2D eigenvalue weighted by molar-refractivity contribution is 0.0914. The molecule has 2 aromatic rings. The molecule has 0 aliphatic heterocycles. The van der Waals surface area contributed by atoms with Gasteiger partial charge in [0.15, 0.2) is 0 Å². The van der Waals surface area contributed by atoms with Crippen molar-refractivity contribution in [3.63, 3.8) is 0 Å². The van der Waals surface area contributed by atoms with E-state index in [1.165, 1.54) is 6.26 Å². The van der Waals surface area contributed by atoms with Crippen LogP contribution in [0.4, 0.5) is 0 Å². The third-order valence-corrected chi connectivity index (χ3v) is 2.71. The number of aromatic nitrogens is 1. The number of amides is 2. The van der Waals surface area contributed by atoms with Gasteiger partial charge >= 0.3 is 0 Å². The molecule has 0 saturated heterocycles. The minimum atomic E-state index is -0.365. The topological polar surface area (TPSA) is 84.2 Å². The molecule has 0 radical (unpaired) electrons. The van der Waals surface area contributed by atoms with Crippen LogP contribution in [0.5, 0.6) is 0 Å². The van der Waals surface area contributed by atoms with Crippen molar-refractivity contribution < 1.29 is 14.0 Å². The summed E-state index contributed by atoms with van der Waals surface area (Å²) >= 11 is 0. The Morgan fingerprint density at radius 3 is 2.36 bits per heavy atom. The summed E-state index contributed by atoms with van der Waals surface area (Å²) in [5, 5.41) is 5.50. The first-order valence-electron chi connectivity index (χ1n) is 6.95. The summed E-state index contributed by atoms with van der Waals surface area (Å²) in [6, 6.07) is 8.28. The zero-order valence-electron chi connectivity index (χ0n) is 12.8. The molecule has 22 heavy (non-hydrogen) atoms. The predicted octanol–water partition coefficient (Wildman–Crippen LogP) is 2.13. The van der Waals surface area contributed by atoms with Gasteiger partial charge in [-0.25, -0.2) is 4.98 Å². The fourth-order valence-electron chi connectivity index (χ4n) is 1.76. The van der Waals surface area contributed by atoms with E-state index < -0.39 is 0 Å². The molecule has 0 spiro atoms. The number of nitrogens with zero attached hydrogens (tertiary/aromatic N) is 1. The Bertz CT molecular complexity index is 658. The molecule has 0 atom stereocenters. The predicted molar refractivity (Wildman–Crippen MR) is 81.3 cm³/mol. The van der Waals surface area contributed by atoms with E-state index in [0.29, 0.717) is 5.76 Å². The number of nitrogens with one attached hydrogen (secondary N) is 2. The molecular weight excluding hydrogens is 282 g/mol. The van der Waals surface area contributed by atoms with Crippen LogP contribution >= 0.6 is 0 Å². The first kappa shape index (κ1) is 15.8. The molecule has 116 valence electrons. The normalized spacial score (nSPS) is 11.0. The van der Waals surface area contributed by atoms with Crippen LogP contribution in [0.2, 0.25) is 0 Å². The molecule has 2 heterocycles. The Labute approximate surface area is 128 Å². The standard InChI is InChI=1S/C16H19N3O3/c1-16(2,3)19-15(21)13-8-4-7-12(18-13)14(20)17-10-11-6-5-9-22-11/h4-9H,10H2,1-3H3,(H,17,20)(H,19,21). The van der Waals surface area contributed by atoms with Gasteiger partial charge in [0.25, 0.3) is 11.8 Å². The molecule has 0 unspecified atom stereocenters. The van der Waals surface area contributed by atoms with Crippen molar-refractivity contribution in [3.05, 3.63) is 53.7 Å². The number of carbonyl (C=O) groups excluding carboxylic acids is 2. The van der Waals surface area contributed by atoms with E-state index >= 15 is 0 Å². The zero-order valence-corrected chi connectivity index (χ0v) is 12.8.